The van der Waals surface area contributed by atoms with E-state index < -0.39 is 6.18 Å². The van der Waals surface area contributed by atoms with Gasteiger partial charge in [0.1, 0.15) is 0 Å². The Hall–Kier alpha value is -0.470. The summed E-state index contributed by atoms with van der Waals surface area (Å²) in [4.78, 5) is 0. The third-order valence-corrected chi connectivity index (χ3v) is 0.678. The van der Waals surface area contributed by atoms with Crippen molar-refractivity contribution in [2.45, 2.75) is 19.0 Å². The molecule has 0 spiro atoms. The number of hydrogen-bond donors (Lipinski definition) is 0. The molecule has 0 unspecified atom stereocenters. The molecule has 0 aromatic rings. The third kappa shape index (κ3) is 7.53. The fraction of sp³-hybridized carbons (Fsp3) is 0.500. The zero-order valence-electron chi connectivity index (χ0n) is 4.91. The molecule has 0 aliphatic heterocycles. The summed E-state index contributed by atoms with van der Waals surface area (Å²) < 4.78 is 33.8. The van der Waals surface area contributed by atoms with Crippen LogP contribution in [0.5, 0.6) is 0 Å². The SMILES string of the molecule is [CH2]CCC=CC(F)(F)F. The maximum absolute atomic E-state index is 11.3. The van der Waals surface area contributed by atoms with E-state index in [1.807, 2.05) is 0 Å². The van der Waals surface area contributed by atoms with E-state index >= 15 is 0 Å². The highest BCUT2D eigenvalue weighted by atomic mass is 19.4. The summed E-state index contributed by atoms with van der Waals surface area (Å²) >= 11 is 0. The molecule has 3 heteroatoms. The highest BCUT2D eigenvalue weighted by Gasteiger charge is 2.21. The van der Waals surface area contributed by atoms with Crippen LogP contribution in [0.15, 0.2) is 12.2 Å². The summed E-state index contributed by atoms with van der Waals surface area (Å²) in [6.45, 7) is 3.39. The van der Waals surface area contributed by atoms with E-state index in [0.717, 1.165) is 6.08 Å². The molecule has 0 aromatic carbocycles. The quantitative estimate of drug-likeness (QED) is 0.513. The van der Waals surface area contributed by atoms with E-state index in [1.165, 1.54) is 0 Å². The van der Waals surface area contributed by atoms with Crippen LogP contribution in [0.1, 0.15) is 12.8 Å². The molecule has 0 rings (SSSR count). The number of allylic oxidation sites excluding steroid dienone is 2. The molecule has 0 nitrogen and oxygen atoms in total. The Balaban J connectivity index is 3.45. The van der Waals surface area contributed by atoms with Gasteiger partial charge in [-0.05, 0) is 12.8 Å². The van der Waals surface area contributed by atoms with Gasteiger partial charge in [-0.15, -0.1) is 0 Å². The van der Waals surface area contributed by atoms with Crippen LogP contribution >= 0.6 is 0 Å². The molecule has 9 heavy (non-hydrogen) atoms. The van der Waals surface area contributed by atoms with Crippen molar-refractivity contribution in [3.63, 3.8) is 0 Å². The van der Waals surface area contributed by atoms with E-state index in [0.29, 0.717) is 12.8 Å². The van der Waals surface area contributed by atoms with Crippen LogP contribution < -0.4 is 0 Å². The molecule has 0 aliphatic rings. The molecule has 0 bridgehead atoms. The summed E-state index contributed by atoms with van der Waals surface area (Å²) in [6, 6.07) is 0. The smallest absolute Gasteiger partial charge is 0.167 e. The normalized spacial score (nSPS) is 12.9. The van der Waals surface area contributed by atoms with Gasteiger partial charge in [0.05, 0.1) is 0 Å². The molecule has 0 atom stereocenters. The van der Waals surface area contributed by atoms with Gasteiger partial charge in [0.25, 0.3) is 0 Å². The predicted octanol–water partition coefficient (Wildman–Crippen LogP) is 2.72. The summed E-state index contributed by atoms with van der Waals surface area (Å²) in [5.74, 6) is 0. The van der Waals surface area contributed by atoms with Gasteiger partial charge < -0.3 is 0 Å². The lowest BCUT2D eigenvalue weighted by Gasteiger charge is -1.95. The lowest BCUT2D eigenvalue weighted by molar-refractivity contribution is -0.0800. The van der Waals surface area contributed by atoms with Crippen molar-refractivity contribution >= 4 is 0 Å². The van der Waals surface area contributed by atoms with Gasteiger partial charge in [-0.3, -0.25) is 0 Å². The highest BCUT2D eigenvalue weighted by molar-refractivity contribution is 4.88. The highest BCUT2D eigenvalue weighted by Crippen LogP contribution is 2.16. The van der Waals surface area contributed by atoms with E-state index in [-0.39, 0.29) is 6.08 Å². The summed E-state index contributed by atoms with van der Waals surface area (Å²) in [6.07, 6.45) is -1.95. The first-order valence-electron chi connectivity index (χ1n) is 2.60. The van der Waals surface area contributed by atoms with Crippen molar-refractivity contribution in [2.75, 3.05) is 0 Å². The second kappa shape index (κ2) is 3.54. The minimum absolute atomic E-state index is 0.234. The Morgan fingerprint density at radius 3 is 2.22 bits per heavy atom. The zero-order valence-corrected chi connectivity index (χ0v) is 4.91. The van der Waals surface area contributed by atoms with Crippen LogP contribution in [0, 0.1) is 6.92 Å². The average molecular weight is 137 g/mol. The van der Waals surface area contributed by atoms with E-state index in [4.69, 9.17) is 0 Å². The van der Waals surface area contributed by atoms with Gasteiger partial charge in [-0.25, -0.2) is 0 Å². The fourth-order valence-corrected chi connectivity index (χ4v) is 0.335. The predicted molar refractivity (Wildman–Crippen MR) is 29.8 cm³/mol. The maximum atomic E-state index is 11.3. The van der Waals surface area contributed by atoms with Gasteiger partial charge in [0, 0.05) is 6.08 Å². The molecule has 0 aromatic heterocycles. The van der Waals surface area contributed by atoms with Gasteiger partial charge in [-0.2, -0.15) is 13.2 Å². The Morgan fingerprint density at radius 2 is 1.89 bits per heavy atom. The number of rotatable bonds is 2. The van der Waals surface area contributed by atoms with Gasteiger partial charge in [0.2, 0.25) is 0 Å². The molecule has 1 radical (unpaired) electrons. The third-order valence-electron chi connectivity index (χ3n) is 0.678. The van der Waals surface area contributed by atoms with Gasteiger partial charge >= 0.3 is 6.18 Å². The van der Waals surface area contributed by atoms with Crippen LogP contribution in [0.3, 0.4) is 0 Å². The first-order chi connectivity index (χ1) is 4.06. The Bertz CT molecular complexity index is 91.0. The molecular weight excluding hydrogens is 129 g/mol. The molecule has 0 aliphatic carbocycles. The van der Waals surface area contributed by atoms with Crippen LogP contribution in [0.2, 0.25) is 0 Å². The lowest BCUT2D eigenvalue weighted by atomic mass is 10.3. The number of hydrogen-bond acceptors (Lipinski definition) is 0. The van der Waals surface area contributed by atoms with Crippen molar-refractivity contribution in [2.24, 2.45) is 0 Å². The number of unbranched alkanes of at least 4 members (excludes halogenated alkanes) is 1. The fourth-order valence-electron chi connectivity index (χ4n) is 0.335. The van der Waals surface area contributed by atoms with Crippen molar-refractivity contribution < 1.29 is 13.2 Å². The van der Waals surface area contributed by atoms with E-state index in [2.05, 4.69) is 6.92 Å². The van der Waals surface area contributed by atoms with Crippen molar-refractivity contribution in [3.05, 3.63) is 19.1 Å². The molecule has 0 saturated heterocycles. The van der Waals surface area contributed by atoms with E-state index in [9.17, 15) is 13.2 Å². The van der Waals surface area contributed by atoms with Crippen molar-refractivity contribution in [1.82, 2.24) is 0 Å². The Morgan fingerprint density at radius 1 is 1.33 bits per heavy atom. The molecule has 0 saturated carbocycles. The molecule has 0 amide bonds. The van der Waals surface area contributed by atoms with Gasteiger partial charge in [-0.1, -0.05) is 13.0 Å². The molecule has 0 N–H and O–H groups in total. The van der Waals surface area contributed by atoms with Crippen LogP contribution in [-0.2, 0) is 0 Å². The summed E-state index contributed by atoms with van der Waals surface area (Å²) in [5.41, 5.74) is 0. The van der Waals surface area contributed by atoms with E-state index in [1.54, 1.807) is 0 Å². The van der Waals surface area contributed by atoms with Gasteiger partial charge in [0.15, 0.2) is 0 Å². The molecule has 0 heterocycles. The Kier molecular flexibility index (Phi) is 3.35. The molecule has 53 valence electrons. The van der Waals surface area contributed by atoms with Crippen LogP contribution in [0.25, 0.3) is 0 Å². The Labute approximate surface area is 52.4 Å². The molecular formula is C6H8F3. The minimum Gasteiger partial charge on any atom is -0.167 e. The summed E-state index contributed by atoms with van der Waals surface area (Å²) in [5, 5.41) is 0. The summed E-state index contributed by atoms with van der Waals surface area (Å²) in [7, 11) is 0. The standard InChI is InChI=1S/C6H8F3/c1-2-3-4-5-6(7,8)9/h4-5H,1-3H2. The largest absolute Gasteiger partial charge is 0.409 e. The zero-order chi connectivity index (χ0) is 7.33. The van der Waals surface area contributed by atoms with Crippen molar-refractivity contribution in [3.8, 4) is 0 Å². The topological polar surface area (TPSA) is 0 Å². The van der Waals surface area contributed by atoms with Crippen LogP contribution in [0.4, 0.5) is 13.2 Å². The molecule has 0 fully saturated rings. The number of halogens is 3. The first-order valence-corrected chi connectivity index (χ1v) is 2.60. The second-order valence-corrected chi connectivity index (χ2v) is 1.59. The van der Waals surface area contributed by atoms with Crippen LogP contribution in [-0.4, -0.2) is 6.18 Å². The maximum Gasteiger partial charge on any atom is 0.409 e. The van der Waals surface area contributed by atoms with Crippen molar-refractivity contribution in [1.29, 1.82) is 0 Å². The average Bonchev–Trinajstić information content (AvgIpc) is 1.63. The number of alkyl halides is 3. The minimum atomic E-state index is -4.16. The lowest BCUT2D eigenvalue weighted by Crippen LogP contribution is -2.00. The monoisotopic (exact) mass is 137 g/mol. The second-order valence-electron chi connectivity index (χ2n) is 1.59. The first kappa shape index (κ1) is 8.53.